The molecule has 0 aromatic rings. The molecule has 0 bridgehead atoms. The fraction of sp³-hybridized carbons (Fsp3) is 0.800. The van der Waals surface area contributed by atoms with Crippen molar-refractivity contribution in [2.75, 3.05) is 4.43 Å². The zero-order chi connectivity index (χ0) is 8.10. The van der Waals surface area contributed by atoms with Crippen molar-refractivity contribution in [1.82, 2.24) is 0 Å². The quantitative estimate of drug-likeness (QED) is 0.413. The molecule has 1 rings (SSSR count). The molecular weight excluding hydrogens is 247 g/mol. The molecule has 0 spiro atoms. The van der Waals surface area contributed by atoms with E-state index < -0.39 is 0 Å². The first kappa shape index (κ1) is 9.56. The lowest BCUT2D eigenvalue weighted by Gasteiger charge is -2.26. The molecule has 0 amide bonds. The second-order valence-corrected chi connectivity index (χ2v) is 4.45. The summed E-state index contributed by atoms with van der Waals surface area (Å²) in [6.07, 6.45) is 9.13. The van der Waals surface area contributed by atoms with E-state index in [0.29, 0.717) is 0 Å². The molecule has 0 heterocycles. The van der Waals surface area contributed by atoms with E-state index in [-0.39, 0.29) is 0 Å². The third-order valence-corrected chi connectivity index (χ3v) is 3.93. The van der Waals surface area contributed by atoms with Crippen LogP contribution < -0.4 is 0 Å². The van der Waals surface area contributed by atoms with Gasteiger partial charge in [0.1, 0.15) is 0 Å². The zero-order valence-electron chi connectivity index (χ0n) is 7.06. The summed E-state index contributed by atoms with van der Waals surface area (Å²) in [6.45, 7) is 3.79. The standard InChI is InChI=1S/C10H17I/c1-2-3-9-4-6-10(8-11)7-5-9/h2,9-10H,1,3-8H2/t9-,10-. The Balaban J connectivity index is 2.18. The molecular formula is C10H17I. The predicted molar refractivity (Wildman–Crippen MR) is 59.1 cm³/mol. The van der Waals surface area contributed by atoms with E-state index in [9.17, 15) is 0 Å². The molecule has 0 aliphatic heterocycles. The minimum Gasteiger partial charge on any atom is -0.103 e. The molecule has 0 unspecified atom stereocenters. The Kier molecular flexibility index (Phi) is 4.50. The maximum absolute atomic E-state index is 3.79. The van der Waals surface area contributed by atoms with Crippen LogP contribution in [0.4, 0.5) is 0 Å². The van der Waals surface area contributed by atoms with Crippen LogP contribution >= 0.6 is 22.6 Å². The monoisotopic (exact) mass is 264 g/mol. The summed E-state index contributed by atoms with van der Waals surface area (Å²) < 4.78 is 1.36. The van der Waals surface area contributed by atoms with Gasteiger partial charge >= 0.3 is 0 Å². The van der Waals surface area contributed by atoms with Crippen molar-refractivity contribution in [1.29, 1.82) is 0 Å². The lowest BCUT2D eigenvalue weighted by atomic mass is 9.81. The average molecular weight is 264 g/mol. The third kappa shape index (κ3) is 3.14. The van der Waals surface area contributed by atoms with Gasteiger partial charge in [0.15, 0.2) is 0 Å². The molecule has 1 saturated carbocycles. The third-order valence-electron chi connectivity index (χ3n) is 2.68. The van der Waals surface area contributed by atoms with Gasteiger partial charge in [-0.15, -0.1) is 6.58 Å². The lowest BCUT2D eigenvalue weighted by molar-refractivity contribution is 0.298. The Morgan fingerprint density at radius 3 is 2.18 bits per heavy atom. The molecule has 0 atom stereocenters. The van der Waals surface area contributed by atoms with E-state index >= 15 is 0 Å². The average Bonchev–Trinajstić information content (AvgIpc) is 2.07. The van der Waals surface area contributed by atoms with E-state index in [4.69, 9.17) is 0 Å². The van der Waals surface area contributed by atoms with Gasteiger partial charge in [-0.3, -0.25) is 0 Å². The molecule has 1 fully saturated rings. The minimum atomic E-state index is 0.965. The largest absolute Gasteiger partial charge is 0.103 e. The number of alkyl halides is 1. The summed E-state index contributed by atoms with van der Waals surface area (Å²) in [5.41, 5.74) is 0. The van der Waals surface area contributed by atoms with Crippen molar-refractivity contribution in [3.63, 3.8) is 0 Å². The molecule has 0 saturated heterocycles. The number of halogens is 1. The van der Waals surface area contributed by atoms with Gasteiger partial charge in [-0.25, -0.2) is 0 Å². The van der Waals surface area contributed by atoms with Crippen LogP contribution in [0.2, 0.25) is 0 Å². The van der Waals surface area contributed by atoms with Crippen molar-refractivity contribution < 1.29 is 0 Å². The van der Waals surface area contributed by atoms with Crippen LogP contribution in [-0.2, 0) is 0 Å². The van der Waals surface area contributed by atoms with Crippen molar-refractivity contribution in [3.8, 4) is 0 Å². The first-order chi connectivity index (χ1) is 5.36. The Morgan fingerprint density at radius 2 is 1.73 bits per heavy atom. The molecule has 1 aliphatic rings. The first-order valence-electron chi connectivity index (χ1n) is 4.53. The van der Waals surface area contributed by atoms with Gasteiger partial charge in [-0.05, 0) is 43.9 Å². The van der Waals surface area contributed by atoms with Gasteiger partial charge in [-0.2, -0.15) is 0 Å². The predicted octanol–water partition coefficient (Wildman–Crippen LogP) is 3.80. The van der Waals surface area contributed by atoms with E-state index in [0.717, 1.165) is 11.8 Å². The Labute approximate surface area is 83.6 Å². The summed E-state index contributed by atoms with van der Waals surface area (Å²) in [5.74, 6) is 1.99. The zero-order valence-corrected chi connectivity index (χ0v) is 9.22. The van der Waals surface area contributed by atoms with Crippen LogP contribution in [0, 0.1) is 11.8 Å². The van der Waals surface area contributed by atoms with Gasteiger partial charge in [0.2, 0.25) is 0 Å². The van der Waals surface area contributed by atoms with E-state index in [1.807, 2.05) is 0 Å². The smallest absolute Gasteiger partial charge is 0.00237 e. The maximum Gasteiger partial charge on any atom is 0.00237 e. The molecule has 0 aromatic heterocycles. The summed E-state index contributed by atoms with van der Waals surface area (Å²) in [7, 11) is 0. The molecule has 0 nitrogen and oxygen atoms in total. The molecule has 0 radical (unpaired) electrons. The lowest BCUT2D eigenvalue weighted by Crippen LogP contribution is -2.14. The van der Waals surface area contributed by atoms with E-state index in [1.54, 1.807) is 0 Å². The fourth-order valence-electron chi connectivity index (χ4n) is 1.86. The van der Waals surface area contributed by atoms with Crippen molar-refractivity contribution in [3.05, 3.63) is 12.7 Å². The Bertz CT molecular complexity index is 112. The molecule has 1 aliphatic carbocycles. The van der Waals surface area contributed by atoms with Crippen LogP contribution in [0.3, 0.4) is 0 Å². The minimum absolute atomic E-state index is 0.965. The molecule has 11 heavy (non-hydrogen) atoms. The second kappa shape index (κ2) is 5.18. The van der Waals surface area contributed by atoms with Gasteiger partial charge in [0.25, 0.3) is 0 Å². The highest BCUT2D eigenvalue weighted by molar-refractivity contribution is 14.1. The van der Waals surface area contributed by atoms with Gasteiger partial charge in [0.05, 0.1) is 0 Å². The summed E-state index contributed by atoms with van der Waals surface area (Å²) in [4.78, 5) is 0. The van der Waals surface area contributed by atoms with Gasteiger partial charge < -0.3 is 0 Å². The highest BCUT2D eigenvalue weighted by Gasteiger charge is 2.18. The fourth-order valence-corrected chi connectivity index (χ4v) is 2.74. The van der Waals surface area contributed by atoms with Crippen LogP contribution in [-0.4, -0.2) is 4.43 Å². The number of allylic oxidation sites excluding steroid dienone is 1. The molecule has 64 valence electrons. The van der Waals surface area contributed by atoms with E-state index in [2.05, 4.69) is 35.2 Å². The highest BCUT2D eigenvalue weighted by Crippen LogP contribution is 2.31. The van der Waals surface area contributed by atoms with Crippen molar-refractivity contribution >= 4 is 22.6 Å². The SMILES string of the molecule is C=CC[C@H]1CC[C@H](CI)CC1. The van der Waals surface area contributed by atoms with Crippen LogP contribution in [0.15, 0.2) is 12.7 Å². The summed E-state index contributed by atoms with van der Waals surface area (Å²) >= 11 is 2.52. The van der Waals surface area contributed by atoms with E-state index in [1.165, 1.54) is 36.5 Å². The molecule has 0 aromatic carbocycles. The molecule has 1 heteroatoms. The van der Waals surface area contributed by atoms with Crippen LogP contribution in [0.5, 0.6) is 0 Å². The number of hydrogen-bond acceptors (Lipinski definition) is 0. The van der Waals surface area contributed by atoms with Gasteiger partial charge in [-0.1, -0.05) is 28.7 Å². The maximum atomic E-state index is 3.79. The number of hydrogen-bond donors (Lipinski definition) is 0. The summed E-state index contributed by atoms with van der Waals surface area (Å²) in [6, 6.07) is 0. The normalized spacial score (nSPS) is 31.7. The first-order valence-corrected chi connectivity index (χ1v) is 6.06. The van der Waals surface area contributed by atoms with Crippen molar-refractivity contribution in [2.45, 2.75) is 32.1 Å². The van der Waals surface area contributed by atoms with Gasteiger partial charge in [0, 0.05) is 4.43 Å². The van der Waals surface area contributed by atoms with Crippen molar-refractivity contribution in [2.24, 2.45) is 11.8 Å². The van der Waals surface area contributed by atoms with Crippen LogP contribution in [0.25, 0.3) is 0 Å². The van der Waals surface area contributed by atoms with Crippen LogP contribution in [0.1, 0.15) is 32.1 Å². The highest BCUT2D eigenvalue weighted by atomic mass is 127. The topological polar surface area (TPSA) is 0 Å². The second-order valence-electron chi connectivity index (χ2n) is 3.57. The Morgan fingerprint density at radius 1 is 1.18 bits per heavy atom. The molecule has 0 N–H and O–H groups in total. The summed E-state index contributed by atoms with van der Waals surface area (Å²) in [5, 5.41) is 0. The Hall–Kier alpha value is 0.470. The number of rotatable bonds is 3.